The van der Waals surface area contributed by atoms with E-state index in [9.17, 15) is 21.6 Å². The van der Waals surface area contributed by atoms with E-state index in [-0.39, 0.29) is 36.9 Å². The smallest absolute Gasteiger partial charge is 0.314 e. The number of nitrogens with zero attached hydrogens (tertiary/aromatic N) is 1. The van der Waals surface area contributed by atoms with E-state index in [4.69, 9.17) is 0 Å². The molecule has 1 aliphatic heterocycles. The van der Waals surface area contributed by atoms with Gasteiger partial charge in [0.25, 0.3) is 0 Å². The standard InChI is InChI=1S/C14H20F3N3O2S.2ClH/c15-14(16,17)13-3-1-2-12(10-13)11-23(21,22)19-6-9-20-7-4-18-5-8-20;;/h1-3,10,18-19H,4-9,11H2;2*1H. The van der Waals surface area contributed by atoms with Crippen molar-refractivity contribution in [3.05, 3.63) is 35.4 Å². The zero-order chi connectivity index (χ0) is 16.9. The highest BCUT2D eigenvalue weighted by Crippen LogP contribution is 2.29. The Labute approximate surface area is 158 Å². The Balaban J connectivity index is 0.00000288. The van der Waals surface area contributed by atoms with Crippen LogP contribution in [0.1, 0.15) is 11.1 Å². The molecule has 1 aliphatic rings. The maximum absolute atomic E-state index is 12.6. The third-order valence-electron chi connectivity index (χ3n) is 3.57. The van der Waals surface area contributed by atoms with Gasteiger partial charge in [-0.3, -0.25) is 4.90 Å². The van der Waals surface area contributed by atoms with Crippen LogP contribution in [0.2, 0.25) is 0 Å². The van der Waals surface area contributed by atoms with E-state index in [2.05, 4.69) is 14.9 Å². The fourth-order valence-corrected chi connectivity index (χ4v) is 3.52. The Morgan fingerprint density at radius 2 is 1.80 bits per heavy atom. The molecular weight excluding hydrogens is 402 g/mol. The minimum atomic E-state index is -4.48. The second kappa shape index (κ2) is 10.5. The highest BCUT2D eigenvalue weighted by molar-refractivity contribution is 7.88. The topological polar surface area (TPSA) is 61.4 Å². The van der Waals surface area contributed by atoms with Crippen LogP contribution >= 0.6 is 24.8 Å². The summed E-state index contributed by atoms with van der Waals surface area (Å²) in [6.45, 7) is 4.30. The first-order chi connectivity index (χ1) is 10.8. The summed E-state index contributed by atoms with van der Waals surface area (Å²) in [5, 5.41) is 3.20. The van der Waals surface area contributed by atoms with Crippen molar-refractivity contribution < 1.29 is 21.6 Å². The van der Waals surface area contributed by atoms with Gasteiger partial charge >= 0.3 is 6.18 Å². The average Bonchev–Trinajstić information content (AvgIpc) is 2.47. The summed E-state index contributed by atoms with van der Waals surface area (Å²) in [6, 6.07) is 4.39. The summed E-state index contributed by atoms with van der Waals surface area (Å²) in [6.07, 6.45) is -4.48. The highest BCUT2D eigenvalue weighted by atomic mass is 35.5. The van der Waals surface area contributed by atoms with E-state index < -0.39 is 27.5 Å². The lowest BCUT2D eigenvalue weighted by molar-refractivity contribution is -0.137. The largest absolute Gasteiger partial charge is 0.416 e. The lowest BCUT2D eigenvalue weighted by atomic mass is 10.1. The summed E-state index contributed by atoms with van der Waals surface area (Å²) in [7, 11) is -3.66. The van der Waals surface area contributed by atoms with Crippen molar-refractivity contribution >= 4 is 34.8 Å². The first-order valence-corrected chi connectivity index (χ1v) is 8.98. The molecule has 0 atom stereocenters. The van der Waals surface area contributed by atoms with Gasteiger partial charge in [0.2, 0.25) is 10.0 Å². The third kappa shape index (κ3) is 8.57. The van der Waals surface area contributed by atoms with Crippen LogP contribution in [0.15, 0.2) is 24.3 Å². The van der Waals surface area contributed by atoms with Crippen LogP contribution in [-0.2, 0) is 22.0 Å². The van der Waals surface area contributed by atoms with Gasteiger partial charge in [-0.05, 0) is 11.6 Å². The number of halogens is 5. The Kier molecular flexibility index (Phi) is 10.3. The first-order valence-electron chi connectivity index (χ1n) is 7.33. The van der Waals surface area contributed by atoms with Crippen molar-refractivity contribution in [1.29, 1.82) is 0 Å². The molecule has 2 rings (SSSR count). The molecule has 0 spiro atoms. The molecule has 0 aliphatic carbocycles. The minimum Gasteiger partial charge on any atom is -0.314 e. The molecule has 1 aromatic rings. The van der Waals surface area contributed by atoms with E-state index in [1.807, 2.05) is 0 Å². The fourth-order valence-electron chi connectivity index (χ4n) is 2.40. The number of hydrogen-bond acceptors (Lipinski definition) is 4. The molecule has 5 nitrogen and oxygen atoms in total. The predicted molar refractivity (Wildman–Crippen MR) is 95.9 cm³/mol. The van der Waals surface area contributed by atoms with Crippen molar-refractivity contribution in [1.82, 2.24) is 14.9 Å². The van der Waals surface area contributed by atoms with Crippen molar-refractivity contribution in [2.45, 2.75) is 11.9 Å². The number of benzene rings is 1. The summed E-state index contributed by atoms with van der Waals surface area (Å²) in [5.41, 5.74) is -0.722. The second-order valence-corrected chi connectivity index (χ2v) is 7.25. The fraction of sp³-hybridized carbons (Fsp3) is 0.571. The molecule has 0 saturated carbocycles. The molecule has 1 aromatic carbocycles. The number of rotatable bonds is 6. The van der Waals surface area contributed by atoms with Crippen LogP contribution in [0.4, 0.5) is 13.2 Å². The number of alkyl halides is 3. The van der Waals surface area contributed by atoms with Gasteiger partial charge in [0.1, 0.15) is 0 Å². The summed E-state index contributed by atoms with van der Waals surface area (Å²) < 4.78 is 64.3. The van der Waals surface area contributed by atoms with Gasteiger partial charge in [-0.15, -0.1) is 24.8 Å². The van der Waals surface area contributed by atoms with Crippen LogP contribution in [-0.4, -0.2) is 52.6 Å². The van der Waals surface area contributed by atoms with Gasteiger partial charge in [0, 0.05) is 39.3 Å². The molecule has 1 saturated heterocycles. The Hall–Kier alpha value is -0.580. The quantitative estimate of drug-likeness (QED) is 0.732. The van der Waals surface area contributed by atoms with Crippen molar-refractivity contribution in [2.75, 3.05) is 39.3 Å². The number of nitrogens with one attached hydrogen (secondary N) is 2. The van der Waals surface area contributed by atoms with Crippen LogP contribution in [0.5, 0.6) is 0 Å². The number of piperazine rings is 1. The minimum absolute atomic E-state index is 0. The highest BCUT2D eigenvalue weighted by Gasteiger charge is 2.30. The van der Waals surface area contributed by atoms with Crippen LogP contribution in [0.25, 0.3) is 0 Å². The van der Waals surface area contributed by atoms with Crippen LogP contribution in [0.3, 0.4) is 0 Å². The molecule has 0 amide bonds. The van der Waals surface area contributed by atoms with E-state index in [1.54, 1.807) is 0 Å². The summed E-state index contributed by atoms with van der Waals surface area (Å²) in [4.78, 5) is 2.13. The van der Waals surface area contributed by atoms with Crippen LogP contribution in [0, 0.1) is 0 Å². The second-order valence-electron chi connectivity index (χ2n) is 5.44. The molecule has 0 unspecified atom stereocenters. The molecule has 0 radical (unpaired) electrons. The van der Waals surface area contributed by atoms with Gasteiger partial charge in [-0.1, -0.05) is 18.2 Å². The Morgan fingerprint density at radius 3 is 2.40 bits per heavy atom. The first kappa shape index (κ1) is 24.4. The number of sulfonamides is 1. The number of hydrogen-bond donors (Lipinski definition) is 2. The molecule has 146 valence electrons. The van der Waals surface area contributed by atoms with Crippen LogP contribution < -0.4 is 10.0 Å². The molecule has 2 N–H and O–H groups in total. The summed E-state index contributed by atoms with van der Waals surface area (Å²) in [5.74, 6) is -0.460. The van der Waals surface area contributed by atoms with Crippen molar-refractivity contribution in [3.8, 4) is 0 Å². The molecule has 1 heterocycles. The summed E-state index contributed by atoms with van der Waals surface area (Å²) >= 11 is 0. The zero-order valence-corrected chi connectivity index (χ0v) is 15.8. The normalized spacial score (nSPS) is 16.0. The van der Waals surface area contributed by atoms with E-state index in [0.29, 0.717) is 6.54 Å². The van der Waals surface area contributed by atoms with Gasteiger partial charge in [0.05, 0.1) is 11.3 Å². The van der Waals surface area contributed by atoms with E-state index in [0.717, 1.165) is 38.3 Å². The zero-order valence-electron chi connectivity index (χ0n) is 13.4. The maximum atomic E-state index is 12.6. The van der Waals surface area contributed by atoms with E-state index >= 15 is 0 Å². The van der Waals surface area contributed by atoms with E-state index in [1.165, 1.54) is 12.1 Å². The van der Waals surface area contributed by atoms with Crippen molar-refractivity contribution in [3.63, 3.8) is 0 Å². The average molecular weight is 424 g/mol. The monoisotopic (exact) mass is 423 g/mol. The Morgan fingerprint density at radius 1 is 1.16 bits per heavy atom. The Bertz CT molecular complexity index is 624. The SMILES string of the molecule is Cl.Cl.O=S(=O)(Cc1cccc(C(F)(F)F)c1)NCCN1CCNCC1. The van der Waals surface area contributed by atoms with Gasteiger partial charge in [-0.2, -0.15) is 13.2 Å². The molecule has 25 heavy (non-hydrogen) atoms. The van der Waals surface area contributed by atoms with Crippen molar-refractivity contribution in [2.24, 2.45) is 0 Å². The van der Waals surface area contributed by atoms with Gasteiger partial charge in [0.15, 0.2) is 0 Å². The third-order valence-corrected chi connectivity index (χ3v) is 4.93. The molecule has 0 aromatic heterocycles. The molecular formula is C14H22Cl2F3N3O2S. The molecule has 1 fully saturated rings. The lowest BCUT2D eigenvalue weighted by Crippen LogP contribution is -2.46. The van der Waals surface area contributed by atoms with Gasteiger partial charge < -0.3 is 5.32 Å². The predicted octanol–water partition coefficient (Wildman–Crippen LogP) is 1.87. The van der Waals surface area contributed by atoms with Gasteiger partial charge in [-0.25, -0.2) is 13.1 Å². The molecule has 0 bridgehead atoms. The molecule has 11 heteroatoms. The lowest BCUT2D eigenvalue weighted by Gasteiger charge is -2.27. The maximum Gasteiger partial charge on any atom is 0.416 e.